The number of hydrogen-bond acceptors (Lipinski definition) is 3. The molecule has 18 heavy (non-hydrogen) atoms. The maximum atomic E-state index is 13.8. The van der Waals surface area contributed by atoms with Crippen LogP contribution in [0.3, 0.4) is 0 Å². The smallest absolute Gasteiger partial charge is 0.127 e. The van der Waals surface area contributed by atoms with Gasteiger partial charge in [-0.2, -0.15) is 0 Å². The minimum atomic E-state index is -0.210. The number of benzene rings is 1. The summed E-state index contributed by atoms with van der Waals surface area (Å²) in [4.78, 5) is 2.35. The summed E-state index contributed by atoms with van der Waals surface area (Å²) in [6.07, 6.45) is 0.537. The lowest BCUT2D eigenvalue weighted by Gasteiger charge is -2.14. The minimum absolute atomic E-state index is 0.0561. The maximum Gasteiger partial charge on any atom is 0.127 e. The van der Waals surface area contributed by atoms with Crippen molar-refractivity contribution in [3.05, 3.63) is 55.9 Å². The summed E-state index contributed by atoms with van der Waals surface area (Å²) in [6, 6.07) is 9.11. The Morgan fingerprint density at radius 2 is 2.17 bits per heavy atom. The van der Waals surface area contributed by atoms with Gasteiger partial charge in [0.2, 0.25) is 0 Å². The highest BCUT2D eigenvalue weighted by Gasteiger charge is 2.14. The van der Waals surface area contributed by atoms with E-state index in [9.17, 15) is 4.39 Å². The molecule has 1 aromatic carbocycles. The fourth-order valence-electron chi connectivity index (χ4n) is 1.79. The molecular formula is C13H14BrFN2S. The summed E-state index contributed by atoms with van der Waals surface area (Å²) < 4.78 is 14.5. The Morgan fingerprint density at radius 3 is 2.72 bits per heavy atom. The van der Waals surface area contributed by atoms with Gasteiger partial charge in [-0.1, -0.05) is 22.0 Å². The molecule has 0 aliphatic heterocycles. The first-order chi connectivity index (χ1) is 8.60. The maximum absolute atomic E-state index is 13.8. The van der Waals surface area contributed by atoms with Crippen molar-refractivity contribution in [1.82, 2.24) is 5.43 Å². The quantitative estimate of drug-likeness (QED) is 0.663. The van der Waals surface area contributed by atoms with Gasteiger partial charge in [-0.3, -0.25) is 11.3 Å². The van der Waals surface area contributed by atoms with Crippen LogP contribution in [0.2, 0.25) is 0 Å². The minimum Gasteiger partial charge on any atom is -0.271 e. The summed E-state index contributed by atoms with van der Waals surface area (Å²) in [6.45, 7) is 2.04. The van der Waals surface area contributed by atoms with Crippen molar-refractivity contribution in [2.45, 2.75) is 19.4 Å². The third-order valence-corrected chi connectivity index (χ3v) is 4.35. The topological polar surface area (TPSA) is 38.0 Å². The van der Waals surface area contributed by atoms with Crippen LogP contribution in [0.15, 0.2) is 34.8 Å². The van der Waals surface area contributed by atoms with E-state index in [4.69, 9.17) is 5.84 Å². The van der Waals surface area contributed by atoms with E-state index in [1.54, 1.807) is 17.4 Å². The molecule has 3 N–H and O–H groups in total. The first kappa shape index (κ1) is 13.7. The van der Waals surface area contributed by atoms with E-state index in [-0.39, 0.29) is 11.9 Å². The summed E-state index contributed by atoms with van der Waals surface area (Å²) >= 11 is 4.92. The lowest BCUT2D eigenvalue weighted by Crippen LogP contribution is -2.29. The van der Waals surface area contributed by atoms with Crippen LogP contribution in [0.1, 0.15) is 21.4 Å². The van der Waals surface area contributed by atoms with E-state index in [1.165, 1.54) is 10.9 Å². The number of nitrogens with one attached hydrogen (secondary N) is 1. The SMILES string of the molecule is Cc1ccc(C(Cc2ccc(Br)cc2F)NN)s1. The normalized spacial score (nSPS) is 12.7. The molecule has 0 fully saturated rings. The van der Waals surface area contributed by atoms with Crippen molar-refractivity contribution in [1.29, 1.82) is 0 Å². The summed E-state index contributed by atoms with van der Waals surface area (Å²) in [5.74, 6) is 5.36. The molecule has 1 atom stereocenters. The van der Waals surface area contributed by atoms with Gasteiger partial charge < -0.3 is 0 Å². The van der Waals surface area contributed by atoms with E-state index in [0.29, 0.717) is 12.0 Å². The summed E-state index contributed by atoms with van der Waals surface area (Å²) in [7, 11) is 0. The van der Waals surface area contributed by atoms with Crippen LogP contribution < -0.4 is 11.3 Å². The number of rotatable bonds is 4. The highest BCUT2D eigenvalue weighted by atomic mass is 79.9. The second kappa shape index (κ2) is 5.93. The van der Waals surface area contributed by atoms with Gasteiger partial charge in [0.05, 0.1) is 6.04 Å². The van der Waals surface area contributed by atoms with E-state index in [2.05, 4.69) is 21.4 Å². The summed E-state index contributed by atoms with van der Waals surface area (Å²) in [5.41, 5.74) is 3.41. The molecule has 96 valence electrons. The second-order valence-corrected chi connectivity index (χ2v) is 6.34. The van der Waals surface area contributed by atoms with Crippen molar-refractivity contribution < 1.29 is 4.39 Å². The molecule has 0 spiro atoms. The van der Waals surface area contributed by atoms with Crippen molar-refractivity contribution in [3.63, 3.8) is 0 Å². The highest BCUT2D eigenvalue weighted by Crippen LogP contribution is 2.26. The van der Waals surface area contributed by atoms with Crippen LogP contribution in [-0.4, -0.2) is 0 Å². The predicted octanol–water partition coefficient (Wildman–Crippen LogP) is 3.71. The standard InChI is InChI=1S/C13H14BrFN2S/c1-8-2-5-13(18-8)12(17-16)6-9-3-4-10(14)7-11(9)15/h2-5,7,12,17H,6,16H2,1H3. The van der Waals surface area contributed by atoms with Gasteiger partial charge >= 0.3 is 0 Å². The Kier molecular flexibility index (Phi) is 4.50. The Hall–Kier alpha value is -0.750. The monoisotopic (exact) mass is 328 g/mol. The van der Waals surface area contributed by atoms with Crippen molar-refractivity contribution in [2.75, 3.05) is 0 Å². The van der Waals surface area contributed by atoms with Gasteiger partial charge in [0.15, 0.2) is 0 Å². The number of nitrogens with two attached hydrogens (primary N) is 1. The largest absolute Gasteiger partial charge is 0.271 e. The zero-order valence-corrected chi connectivity index (χ0v) is 12.3. The third kappa shape index (κ3) is 3.17. The van der Waals surface area contributed by atoms with Crippen molar-refractivity contribution in [3.8, 4) is 0 Å². The zero-order valence-electron chi connectivity index (χ0n) is 9.91. The van der Waals surface area contributed by atoms with Gasteiger partial charge in [-0.05, 0) is 43.2 Å². The van der Waals surface area contributed by atoms with Gasteiger partial charge in [0.25, 0.3) is 0 Å². The van der Waals surface area contributed by atoms with E-state index < -0.39 is 0 Å². The zero-order chi connectivity index (χ0) is 13.1. The van der Waals surface area contributed by atoms with Crippen molar-refractivity contribution >= 4 is 27.3 Å². The molecule has 0 bridgehead atoms. The summed E-state index contributed by atoms with van der Waals surface area (Å²) in [5, 5.41) is 0. The fourth-order valence-corrected chi connectivity index (χ4v) is 3.06. The number of hydrogen-bond donors (Lipinski definition) is 2. The Labute approximate surface area is 118 Å². The van der Waals surface area contributed by atoms with Crippen LogP contribution in [0, 0.1) is 12.7 Å². The second-order valence-electron chi connectivity index (χ2n) is 4.11. The van der Waals surface area contributed by atoms with Crippen LogP contribution in [0.25, 0.3) is 0 Å². The molecule has 0 aliphatic carbocycles. The molecular weight excluding hydrogens is 315 g/mol. The average molecular weight is 329 g/mol. The van der Waals surface area contributed by atoms with Crippen LogP contribution in [0.4, 0.5) is 4.39 Å². The molecule has 2 rings (SSSR count). The number of halogens is 2. The van der Waals surface area contributed by atoms with Crippen LogP contribution in [0.5, 0.6) is 0 Å². The van der Waals surface area contributed by atoms with E-state index in [0.717, 1.165) is 9.35 Å². The Morgan fingerprint density at radius 1 is 1.39 bits per heavy atom. The Bertz CT molecular complexity index is 542. The molecule has 0 saturated heterocycles. The van der Waals surface area contributed by atoms with Gasteiger partial charge in [0.1, 0.15) is 5.82 Å². The molecule has 2 nitrogen and oxygen atoms in total. The lowest BCUT2D eigenvalue weighted by molar-refractivity contribution is 0.535. The van der Waals surface area contributed by atoms with E-state index in [1.807, 2.05) is 25.1 Å². The number of aryl methyl sites for hydroxylation is 1. The predicted molar refractivity (Wildman–Crippen MR) is 76.9 cm³/mol. The molecule has 0 radical (unpaired) electrons. The molecule has 0 amide bonds. The number of hydrazine groups is 1. The highest BCUT2D eigenvalue weighted by molar-refractivity contribution is 9.10. The molecule has 0 saturated carbocycles. The lowest BCUT2D eigenvalue weighted by atomic mass is 10.0. The molecule has 1 aromatic heterocycles. The van der Waals surface area contributed by atoms with Gasteiger partial charge in [0, 0.05) is 14.2 Å². The third-order valence-electron chi connectivity index (χ3n) is 2.74. The van der Waals surface area contributed by atoms with Crippen LogP contribution >= 0.6 is 27.3 Å². The van der Waals surface area contributed by atoms with E-state index >= 15 is 0 Å². The Balaban J connectivity index is 2.20. The molecule has 1 unspecified atom stereocenters. The van der Waals surface area contributed by atoms with Crippen molar-refractivity contribution in [2.24, 2.45) is 5.84 Å². The van der Waals surface area contributed by atoms with Gasteiger partial charge in [-0.15, -0.1) is 11.3 Å². The fraction of sp³-hybridized carbons (Fsp3) is 0.231. The van der Waals surface area contributed by atoms with Crippen LogP contribution in [-0.2, 0) is 6.42 Å². The molecule has 0 aliphatic rings. The average Bonchev–Trinajstić information content (AvgIpc) is 2.75. The molecule has 1 heterocycles. The molecule has 2 aromatic rings. The first-order valence-corrected chi connectivity index (χ1v) is 7.17. The first-order valence-electron chi connectivity index (χ1n) is 5.56. The molecule has 5 heteroatoms. The van der Waals surface area contributed by atoms with Gasteiger partial charge in [-0.25, -0.2) is 4.39 Å². The number of thiophene rings is 1.